The SMILES string of the molecule is CCCCCCCCOc1ccc(NS(=O)(=O)c2ccc3c(c2)CCN(CCc2ccc(C(C)(C)C)cc2)C3)c(F)c1. The Balaban J connectivity index is 1.29. The van der Waals surface area contributed by atoms with Gasteiger partial charge < -0.3 is 4.74 Å². The topological polar surface area (TPSA) is 58.6 Å². The van der Waals surface area contributed by atoms with Crippen molar-refractivity contribution in [3.05, 3.63) is 88.7 Å². The molecule has 1 aliphatic heterocycles. The van der Waals surface area contributed by atoms with E-state index in [0.717, 1.165) is 56.4 Å². The van der Waals surface area contributed by atoms with Crippen molar-refractivity contribution in [1.82, 2.24) is 4.90 Å². The summed E-state index contributed by atoms with van der Waals surface area (Å²) in [6.45, 7) is 12.0. The third kappa shape index (κ3) is 9.05. The Kier molecular flexibility index (Phi) is 11.1. The molecular weight excluding hydrogens is 547 g/mol. The first-order valence-electron chi connectivity index (χ1n) is 15.4. The predicted molar refractivity (Wildman–Crippen MR) is 170 cm³/mol. The van der Waals surface area contributed by atoms with Crippen LogP contribution in [0.1, 0.15) is 88.5 Å². The number of ether oxygens (including phenoxy) is 1. The Morgan fingerprint density at radius 3 is 2.36 bits per heavy atom. The second-order valence-corrected chi connectivity index (χ2v) is 14.2. The molecule has 3 aromatic carbocycles. The van der Waals surface area contributed by atoms with E-state index in [9.17, 15) is 12.8 Å². The minimum Gasteiger partial charge on any atom is -0.493 e. The molecule has 7 heteroatoms. The molecule has 0 aromatic heterocycles. The van der Waals surface area contributed by atoms with Crippen LogP contribution in [0.2, 0.25) is 0 Å². The van der Waals surface area contributed by atoms with Crippen molar-refractivity contribution in [2.45, 2.75) is 95.9 Å². The van der Waals surface area contributed by atoms with Gasteiger partial charge in [0.2, 0.25) is 0 Å². The van der Waals surface area contributed by atoms with Crippen LogP contribution in [-0.4, -0.2) is 33.0 Å². The minimum atomic E-state index is -3.93. The van der Waals surface area contributed by atoms with Gasteiger partial charge in [-0.3, -0.25) is 9.62 Å². The first kappa shape index (κ1) is 32.0. The van der Waals surface area contributed by atoms with Crippen molar-refractivity contribution >= 4 is 15.7 Å². The summed E-state index contributed by atoms with van der Waals surface area (Å²) in [6.07, 6.45) is 8.64. The molecule has 0 amide bonds. The average Bonchev–Trinajstić information content (AvgIpc) is 2.96. The molecule has 0 fully saturated rings. The van der Waals surface area contributed by atoms with E-state index in [4.69, 9.17) is 4.74 Å². The zero-order valence-corrected chi connectivity index (χ0v) is 26.5. The number of hydrogen-bond acceptors (Lipinski definition) is 4. The van der Waals surface area contributed by atoms with Gasteiger partial charge in [-0.05, 0) is 71.2 Å². The molecule has 4 rings (SSSR count). The molecule has 0 spiro atoms. The Morgan fingerprint density at radius 1 is 0.905 bits per heavy atom. The highest BCUT2D eigenvalue weighted by atomic mass is 32.2. The summed E-state index contributed by atoms with van der Waals surface area (Å²) < 4.78 is 49.1. The van der Waals surface area contributed by atoms with Crippen molar-refractivity contribution in [2.24, 2.45) is 0 Å². The number of hydrogen-bond donors (Lipinski definition) is 1. The fourth-order valence-corrected chi connectivity index (χ4v) is 6.47. The highest BCUT2D eigenvalue weighted by Gasteiger charge is 2.22. The lowest BCUT2D eigenvalue weighted by Crippen LogP contribution is -2.32. The second kappa shape index (κ2) is 14.5. The summed E-state index contributed by atoms with van der Waals surface area (Å²) in [7, 11) is -3.93. The summed E-state index contributed by atoms with van der Waals surface area (Å²) in [5.41, 5.74) is 4.90. The number of nitrogens with one attached hydrogen (secondary N) is 1. The molecule has 0 unspecified atom stereocenters. The van der Waals surface area contributed by atoms with Gasteiger partial charge >= 0.3 is 0 Å². The molecule has 0 aliphatic carbocycles. The zero-order valence-electron chi connectivity index (χ0n) is 25.7. The Bertz CT molecular complexity index is 1420. The lowest BCUT2D eigenvalue weighted by molar-refractivity contribution is 0.257. The van der Waals surface area contributed by atoms with Gasteiger partial charge in [0.25, 0.3) is 10.0 Å². The van der Waals surface area contributed by atoms with Crippen molar-refractivity contribution in [3.63, 3.8) is 0 Å². The third-order valence-corrected chi connectivity index (χ3v) is 9.43. The monoisotopic (exact) mass is 594 g/mol. The molecule has 0 atom stereocenters. The van der Waals surface area contributed by atoms with Crippen molar-refractivity contribution in [2.75, 3.05) is 24.4 Å². The number of fused-ring (bicyclic) bond motifs is 1. The molecule has 3 aromatic rings. The maximum Gasteiger partial charge on any atom is 0.261 e. The summed E-state index contributed by atoms with van der Waals surface area (Å²) in [5, 5.41) is 0. The van der Waals surface area contributed by atoms with E-state index in [1.54, 1.807) is 18.2 Å². The quantitative estimate of drug-likeness (QED) is 0.191. The van der Waals surface area contributed by atoms with Crippen LogP contribution in [0.4, 0.5) is 10.1 Å². The number of rotatable bonds is 14. The molecule has 0 saturated heterocycles. The highest BCUT2D eigenvalue weighted by Crippen LogP contribution is 2.27. The van der Waals surface area contributed by atoms with Gasteiger partial charge in [0.15, 0.2) is 5.82 Å². The van der Waals surface area contributed by atoms with Crippen molar-refractivity contribution < 1.29 is 17.5 Å². The molecule has 0 saturated carbocycles. The fraction of sp³-hybridized carbons (Fsp3) is 0.486. The van der Waals surface area contributed by atoms with Crippen LogP contribution in [0.3, 0.4) is 0 Å². The minimum absolute atomic E-state index is 0.0821. The molecule has 42 heavy (non-hydrogen) atoms. The predicted octanol–water partition coefficient (Wildman–Crippen LogP) is 8.26. The van der Waals surface area contributed by atoms with Crippen LogP contribution in [-0.2, 0) is 34.8 Å². The van der Waals surface area contributed by atoms with Gasteiger partial charge in [-0.2, -0.15) is 0 Å². The van der Waals surface area contributed by atoms with Crippen LogP contribution in [0.5, 0.6) is 5.75 Å². The average molecular weight is 595 g/mol. The van der Waals surface area contributed by atoms with E-state index in [1.165, 1.54) is 48.9 Å². The van der Waals surface area contributed by atoms with Gasteiger partial charge in [-0.25, -0.2) is 12.8 Å². The Hall–Kier alpha value is -2.90. The maximum absolute atomic E-state index is 14.8. The summed E-state index contributed by atoms with van der Waals surface area (Å²) in [4.78, 5) is 2.56. The molecule has 0 bridgehead atoms. The number of anilines is 1. The lowest BCUT2D eigenvalue weighted by atomic mass is 9.86. The fourth-order valence-electron chi connectivity index (χ4n) is 5.35. The van der Waals surface area contributed by atoms with E-state index in [1.807, 2.05) is 6.07 Å². The first-order valence-corrected chi connectivity index (χ1v) is 16.9. The van der Waals surface area contributed by atoms with Gasteiger partial charge in [-0.1, -0.05) is 90.1 Å². The molecule has 1 N–H and O–H groups in total. The third-order valence-electron chi connectivity index (χ3n) is 8.07. The van der Waals surface area contributed by atoms with E-state index >= 15 is 0 Å². The van der Waals surface area contributed by atoms with Crippen LogP contribution in [0.15, 0.2) is 65.6 Å². The summed E-state index contributed by atoms with van der Waals surface area (Å²) in [5.74, 6) is -0.245. The first-order chi connectivity index (χ1) is 20.0. The number of benzene rings is 3. The van der Waals surface area contributed by atoms with Crippen LogP contribution in [0, 0.1) is 5.82 Å². The molecule has 1 aliphatic rings. The van der Waals surface area contributed by atoms with Gasteiger partial charge in [-0.15, -0.1) is 0 Å². The van der Waals surface area contributed by atoms with Gasteiger partial charge in [0, 0.05) is 25.7 Å². The normalized spacial score (nSPS) is 14.0. The van der Waals surface area contributed by atoms with E-state index in [2.05, 4.69) is 61.6 Å². The molecule has 1 heterocycles. The number of sulfonamides is 1. The Morgan fingerprint density at radius 2 is 1.64 bits per heavy atom. The van der Waals surface area contributed by atoms with Crippen molar-refractivity contribution in [1.29, 1.82) is 0 Å². The van der Waals surface area contributed by atoms with E-state index < -0.39 is 15.8 Å². The zero-order chi connectivity index (χ0) is 30.2. The lowest BCUT2D eigenvalue weighted by Gasteiger charge is -2.29. The summed E-state index contributed by atoms with van der Waals surface area (Å²) in [6, 6.07) is 18.4. The molecular formula is C35H47FN2O3S. The smallest absolute Gasteiger partial charge is 0.261 e. The standard InChI is InChI=1S/C35H47FN2O3S/c1-5-6-7-8-9-10-23-41-31-16-18-34(33(36)25-31)37-42(39,40)32-17-13-29-26-38(22-20-28(29)24-32)21-19-27-11-14-30(15-12-27)35(2,3)4/h11-18,24-25,37H,5-10,19-23,26H2,1-4H3. The van der Waals surface area contributed by atoms with Gasteiger partial charge in [0.05, 0.1) is 17.2 Å². The van der Waals surface area contributed by atoms with Crippen LogP contribution < -0.4 is 9.46 Å². The number of halogens is 1. The maximum atomic E-state index is 14.8. The van der Waals surface area contributed by atoms with Crippen molar-refractivity contribution in [3.8, 4) is 5.75 Å². The van der Waals surface area contributed by atoms with Gasteiger partial charge in [0.1, 0.15) is 5.75 Å². The van der Waals surface area contributed by atoms with E-state index in [-0.39, 0.29) is 16.0 Å². The summed E-state index contributed by atoms with van der Waals surface area (Å²) >= 11 is 0. The Labute approximate surface area is 252 Å². The molecule has 5 nitrogen and oxygen atoms in total. The van der Waals surface area contributed by atoms with Crippen LogP contribution in [0.25, 0.3) is 0 Å². The largest absolute Gasteiger partial charge is 0.493 e. The number of unbranched alkanes of at least 4 members (excludes halogenated alkanes) is 5. The second-order valence-electron chi connectivity index (χ2n) is 12.5. The van der Waals surface area contributed by atoms with E-state index in [0.29, 0.717) is 12.4 Å². The molecule has 228 valence electrons. The highest BCUT2D eigenvalue weighted by molar-refractivity contribution is 7.92. The molecule has 0 radical (unpaired) electrons. The van der Waals surface area contributed by atoms with Crippen LogP contribution >= 0.6 is 0 Å². The number of nitrogens with zero attached hydrogens (tertiary/aromatic N) is 1.